The molecule has 1 heterocycles. The largest absolute Gasteiger partial charge is 0.319 e. The van der Waals surface area contributed by atoms with Crippen LogP contribution < -0.4 is 5.32 Å². The Morgan fingerprint density at radius 2 is 2.21 bits per heavy atom. The zero-order valence-corrected chi connectivity index (χ0v) is 12.0. The molecule has 1 aromatic carbocycles. The van der Waals surface area contributed by atoms with Gasteiger partial charge in [0, 0.05) is 13.1 Å². The average molecular weight is 286 g/mol. The Morgan fingerprint density at radius 1 is 1.47 bits per heavy atom. The molecule has 1 fully saturated rings. The third-order valence-corrected chi connectivity index (χ3v) is 5.33. The summed E-state index contributed by atoms with van der Waals surface area (Å²) in [5.74, 6) is -0.379. The number of nitrogens with one attached hydrogen (secondary N) is 1. The van der Waals surface area contributed by atoms with E-state index in [4.69, 9.17) is 0 Å². The molecule has 0 aromatic heterocycles. The van der Waals surface area contributed by atoms with Gasteiger partial charge in [0.25, 0.3) is 0 Å². The lowest BCUT2D eigenvalue weighted by Gasteiger charge is -2.17. The quantitative estimate of drug-likeness (QED) is 0.909. The maximum Gasteiger partial charge on any atom is 0.246 e. The van der Waals surface area contributed by atoms with Gasteiger partial charge < -0.3 is 5.32 Å². The summed E-state index contributed by atoms with van der Waals surface area (Å²) in [6.45, 7) is 3.45. The topological polar surface area (TPSA) is 49.4 Å². The predicted molar refractivity (Wildman–Crippen MR) is 71.9 cm³/mol. The zero-order chi connectivity index (χ0) is 14.0. The molecule has 0 saturated carbocycles. The van der Waals surface area contributed by atoms with E-state index in [1.165, 1.54) is 16.4 Å². The molecule has 1 atom stereocenters. The van der Waals surface area contributed by atoms with Crippen LogP contribution in [-0.2, 0) is 10.0 Å². The van der Waals surface area contributed by atoms with Crippen LogP contribution in [-0.4, -0.2) is 39.4 Å². The first-order chi connectivity index (χ1) is 8.95. The molecule has 4 nitrogen and oxygen atoms in total. The molecule has 2 rings (SSSR count). The maximum absolute atomic E-state index is 13.7. The van der Waals surface area contributed by atoms with Gasteiger partial charge in [-0.05, 0) is 50.6 Å². The molecule has 0 radical (unpaired) electrons. The van der Waals surface area contributed by atoms with Gasteiger partial charge in [0.1, 0.15) is 10.7 Å². The van der Waals surface area contributed by atoms with Crippen LogP contribution in [0.3, 0.4) is 0 Å². The van der Waals surface area contributed by atoms with Crippen LogP contribution in [0.25, 0.3) is 0 Å². The zero-order valence-electron chi connectivity index (χ0n) is 11.2. The summed E-state index contributed by atoms with van der Waals surface area (Å²) in [5, 5.41) is 3.05. The van der Waals surface area contributed by atoms with Gasteiger partial charge in [-0.3, -0.25) is 0 Å². The number of rotatable bonds is 4. The number of benzene rings is 1. The molecule has 1 aliphatic heterocycles. The van der Waals surface area contributed by atoms with Crippen molar-refractivity contribution in [3.05, 3.63) is 29.6 Å². The van der Waals surface area contributed by atoms with Crippen LogP contribution in [0.4, 0.5) is 4.39 Å². The van der Waals surface area contributed by atoms with Gasteiger partial charge >= 0.3 is 0 Å². The molecule has 0 bridgehead atoms. The lowest BCUT2D eigenvalue weighted by atomic mass is 10.1. The van der Waals surface area contributed by atoms with E-state index in [1.54, 1.807) is 13.0 Å². The third-order valence-electron chi connectivity index (χ3n) is 3.45. The molecule has 1 aromatic rings. The third kappa shape index (κ3) is 2.96. The van der Waals surface area contributed by atoms with Gasteiger partial charge in [0.05, 0.1) is 0 Å². The monoisotopic (exact) mass is 286 g/mol. The van der Waals surface area contributed by atoms with Gasteiger partial charge in [0.2, 0.25) is 10.0 Å². The van der Waals surface area contributed by atoms with E-state index in [1.807, 2.05) is 7.05 Å². The second-order valence-corrected chi connectivity index (χ2v) is 6.92. The highest BCUT2D eigenvalue weighted by atomic mass is 32.2. The van der Waals surface area contributed by atoms with Crippen LogP contribution in [0.15, 0.2) is 23.1 Å². The summed E-state index contributed by atoms with van der Waals surface area (Å²) in [4.78, 5) is -0.211. The van der Waals surface area contributed by atoms with Crippen molar-refractivity contribution < 1.29 is 12.8 Å². The van der Waals surface area contributed by atoms with E-state index in [0.717, 1.165) is 18.5 Å². The Labute approximate surface area is 113 Å². The lowest BCUT2D eigenvalue weighted by molar-refractivity contribution is 0.446. The van der Waals surface area contributed by atoms with Crippen LogP contribution in [0.5, 0.6) is 0 Å². The van der Waals surface area contributed by atoms with Crippen molar-refractivity contribution in [1.82, 2.24) is 9.62 Å². The fourth-order valence-corrected chi connectivity index (χ4v) is 4.10. The minimum Gasteiger partial charge on any atom is -0.319 e. The first-order valence-electron chi connectivity index (χ1n) is 6.36. The summed E-state index contributed by atoms with van der Waals surface area (Å²) in [6, 6.07) is 4.18. The molecule has 19 heavy (non-hydrogen) atoms. The van der Waals surface area contributed by atoms with E-state index in [9.17, 15) is 12.8 Å². The predicted octanol–water partition coefficient (Wildman–Crippen LogP) is 1.36. The van der Waals surface area contributed by atoms with Crippen molar-refractivity contribution in [2.75, 3.05) is 26.7 Å². The van der Waals surface area contributed by atoms with E-state index in [-0.39, 0.29) is 4.90 Å². The molecule has 0 unspecified atom stereocenters. The first-order valence-corrected chi connectivity index (χ1v) is 7.80. The highest BCUT2D eigenvalue weighted by Crippen LogP contribution is 2.26. The Bertz CT molecular complexity index is 560. The molecular formula is C13H19FN2O2S. The molecular weight excluding hydrogens is 267 g/mol. The number of sulfonamides is 1. The van der Waals surface area contributed by atoms with Crippen molar-refractivity contribution in [3.63, 3.8) is 0 Å². The maximum atomic E-state index is 13.7. The van der Waals surface area contributed by atoms with Crippen LogP contribution in [0.2, 0.25) is 0 Å². The van der Waals surface area contributed by atoms with Crippen molar-refractivity contribution >= 4 is 10.0 Å². The molecule has 1 aliphatic rings. The summed E-state index contributed by atoms with van der Waals surface area (Å²) in [5.41, 5.74) is 0.742. The number of halogens is 1. The lowest BCUT2D eigenvalue weighted by Crippen LogP contribution is -2.31. The standard InChI is InChI=1S/C13H19FN2O2S/c1-10-3-4-12(14)13(7-10)19(17,18)16-6-5-11(9-16)8-15-2/h3-4,7,11,15H,5-6,8-9H2,1-2H3/t11-/m0/s1. The van der Waals surface area contributed by atoms with Crippen molar-refractivity contribution in [1.29, 1.82) is 0 Å². The average Bonchev–Trinajstić information content (AvgIpc) is 2.82. The molecule has 0 amide bonds. The van der Waals surface area contributed by atoms with Gasteiger partial charge in [0.15, 0.2) is 0 Å². The SMILES string of the molecule is CNC[C@@H]1CCN(S(=O)(=O)c2cc(C)ccc2F)C1. The van der Waals surface area contributed by atoms with Crippen LogP contribution in [0.1, 0.15) is 12.0 Å². The van der Waals surface area contributed by atoms with Crippen LogP contribution in [0, 0.1) is 18.7 Å². The smallest absolute Gasteiger partial charge is 0.246 e. The van der Waals surface area contributed by atoms with Crippen molar-refractivity contribution in [2.24, 2.45) is 5.92 Å². The number of hydrogen-bond donors (Lipinski definition) is 1. The number of nitrogens with zero attached hydrogens (tertiary/aromatic N) is 1. The first kappa shape index (κ1) is 14.4. The summed E-state index contributed by atoms with van der Waals surface area (Å²) in [6.07, 6.45) is 0.813. The van der Waals surface area contributed by atoms with E-state index < -0.39 is 15.8 Å². The number of aryl methyl sites for hydroxylation is 1. The highest BCUT2D eigenvalue weighted by Gasteiger charge is 2.33. The number of hydrogen-bond acceptors (Lipinski definition) is 3. The summed E-state index contributed by atoms with van der Waals surface area (Å²) in [7, 11) is -1.87. The fraction of sp³-hybridized carbons (Fsp3) is 0.538. The molecule has 0 spiro atoms. The second kappa shape index (κ2) is 5.56. The molecule has 1 saturated heterocycles. The Balaban J connectivity index is 2.26. The molecule has 6 heteroatoms. The van der Waals surface area contributed by atoms with Crippen LogP contribution >= 0.6 is 0 Å². The van der Waals surface area contributed by atoms with E-state index in [2.05, 4.69) is 5.32 Å². The molecule has 0 aliphatic carbocycles. The van der Waals surface area contributed by atoms with Gasteiger partial charge in [-0.25, -0.2) is 12.8 Å². The van der Waals surface area contributed by atoms with Gasteiger partial charge in [-0.2, -0.15) is 4.31 Å². The second-order valence-electron chi connectivity index (χ2n) is 5.01. The van der Waals surface area contributed by atoms with Gasteiger partial charge in [-0.15, -0.1) is 0 Å². The normalized spacial score (nSPS) is 20.9. The summed E-state index contributed by atoms with van der Waals surface area (Å²) < 4.78 is 40.0. The molecule has 106 valence electrons. The summed E-state index contributed by atoms with van der Waals surface area (Å²) >= 11 is 0. The Kier molecular flexibility index (Phi) is 4.23. The fourth-order valence-electron chi connectivity index (χ4n) is 2.42. The molecule has 1 N–H and O–H groups in total. The van der Waals surface area contributed by atoms with Crippen molar-refractivity contribution in [2.45, 2.75) is 18.2 Å². The van der Waals surface area contributed by atoms with Crippen molar-refractivity contribution in [3.8, 4) is 0 Å². The Hall–Kier alpha value is -0.980. The minimum atomic E-state index is -3.71. The minimum absolute atomic E-state index is 0.211. The Morgan fingerprint density at radius 3 is 2.89 bits per heavy atom. The van der Waals surface area contributed by atoms with Gasteiger partial charge in [-0.1, -0.05) is 6.07 Å². The highest BCUT2D eigenvalue weighted by molar-refractivity contribution is 7.89. The van der Waals surface area contributed by atoms with E-state index in [0.29, 0.717) is 19.0 Å². The van der Waals surface area contributed by atoms with E-state index >= 15 is 0 Å².